The van der Waals surface area contributed by atoms with E-state index in [-0.39, 0.29) is 16.2 Å². The molecule has 0 aromatic carbocycles. The molecule has 0 bridgehead atoms. The standard InChI is InChI=1S/C11H13NO4S2/c1-4-5-7(2)12-18(15,16)10-6-9(11(13)14)17-8(10)3/h1,6-7,12H,5H2,2-3H3,(H,13,14). The smallest absolute Gasteiger partial charge is 0.345 e. The van der Waals surface area contributed by atoms with E-state index in [9.17, 15) is 13.2 Å². The number of terminal acetylenes is 1. The molecule has 0 saturated heterocycles. The second kappa shape index (κ2) is 5.52. The van der Waals surface area contributed by atoms with Crippen LogP contribution in [0.25, 0.3) is 0 Å². The average Bonchev–Trinajstić information content (AvgIpc) is 2.60. The fourth-order valence-corrected chi connectivity index (χ4v) is 4.06. The number of carbonyl (C=O) groups is 1. The molecule has 1 rings (SSSR count). The van der Waals surface area contributed by atoms with E-state index in [1.165, 1.54) is 0 Å². The summed E-state index contributed by atoms with van der Waals surface area (Å²) in [6.07, 6.45) is 5.37. The van der Waals surface area contributed by atoms with Gasteiger partial charge in [0, 0.05) is 17.3 Å². The topological polar surface area (TPSA) is 83.5 Å². The molecule has 0 amide bonds. The normalized spacial score (nSPS) is 12.9. The maximum Gasteiger partial charge on any atom is 0.345 e. The average molecular weight is 287 g/mol. The van der Waals surface area contributed by atoms with Crippen molar-refractivity contribution in [1.82, 2.24) is 4.72 Å². The van der Waals surface area contributed by atoms with Crippen LogP contribution in [0, 0.1) is 19.3 Å². The zero-order chi connectivity index (χ0) is 13.9. The van der Waals surface area contributed by atoms with Gasteiger partial charge < -0.3 is 5.11 Å². The highest BCUT2D eigenvalue weighted by atomic mass is 32.2. The third-order valence-corrected chi connectivity index (χ3v) is 5.04. The van der Waals surface area contributed by atoms with Crippen LogP contribution in [0.2, 0.25) is 0 Å². The van der Waals surface area contributed by atoms with Crippen molar-refractivity contribution in [1.29, 1.82) is 0 Å². The molecular weight excluding hydrogens is 274 g/mol. The quantitative estimate of drug-likeness (QED) is 0.803. The predicted molar refractivity (Wildman–Crippen MR) is 69.2 cm³/mol. The summed E-state index contributed by atoms with van der Waals surface area (Å²) in [5.41, 5.74) is 0. The van der Waals surface area contributed by atoms with Crippen molar-refractivity contribution < 1.29 is 18.3 Å². The van der Waals surface area contributed by atoms with Gasteiger partial charge in [-0.25, -0.2) is 17.9 Å². The van der Waals surface area contributed by atoms with Crippen molar-refractivity contribution in [2.75, 3.05) is 0 Å². The van der Waals surface area contributed by atoms with Crippen LogP contribution in [-0.4, -0.2) is 25.5 Å². The lowest BCUT2D eigenvalue weighted by molar-refractivity contribution is 0.0702. The van der Waals surface area contributed by atoms with Gasteiger partial charge in [0.25, 0.3) is 0 Å². The number of hydrogen-bond donors (Lipinski definition) is 2. The van der Waals surface area contributed by atoms with E-state index in [0.717, 1.165) is 17.4 Å². The lowest BCUT2D eigenvalue weighted by Gasteiger charge is -2.11. The monoisotopic (exact) mass is 287 g/mol. The summed E-state index contributed by atoms with van der Waals surface area (Å²) in [6.45, 7) is 3.22. The van der Waals surface area contributed by atoms with Crippen molar-refractivity contribution >= 4 is 27.3 Å². The third-order valence-electron chi connectivity index (χ3n) is 2.15. The zero-order valence-electron chi connectivity index (χ0n) is 9.93. The number of nitrogens with one attached hydrogen (secondary N) is 1. The van der Waals surface area contributed by atoms with Gasteiger partial charge in [0.1, 0.15) is 4.88 Å². The van der Waals surface area contributed by atoms with Gasteiger partial charge in [-0.2, -0.15) is 0 Å². The molecule has 0 saturated carbocycles. The van der Waals surface area contributed by atoms with Crippen molar-refractivity contribution in [3.8, 4) is 12.3 Å². The Morgan fingerprint density at radius 3 is 2.72 bits per heavy atom. The number of rotatable bonds is 5. The molecule has 5 nitrogen and oxygen atoms in total. The molecule has 0 aliphatic rings. The minimum Gasteiger partial charge on any atom is -0.477 e. The molecular formula is C11H13NO4S2. The number of carboxylic acids is 1. The Balaban J connectivity index is 3.06. The fourth-order valence-electron chi connectivity index (χ4n) is 1.38. The van der Waals surface area contributed by atoms with Gasteiger partial charge in [-0.3, -0.25) is 0 Å². The Morgan fingerprint density at radius 2 is 2.28 bits per heavy atom. The molecule has 0 aliphatic heterocycles. The molecule has 0 spiro atoms. The van der Waals surface area contributed by atoms with Gasteiger partial charge in [0.2, 0.25) is 10.0 Å². The summed E-state index contributed by atoms with van der Waals surface area (Å²) in [6, 6.07) is 0.764. The Labute approximate surface area is 110 Å². The van der Waals surface area contributed by atoms with Crippen LogP contribution in [-0.2, 0) is 10.0 Å². The van der Waals surface area contributed by atoms with Crippen LogP contribution in [0.1, 0.15) is 27.9 Å². The molecule has 1 aromatic rings. The molecule has 0 aliphatic carbocycles. The third kappa shape index (κ3) is 3.32. The summed E-state index contributed by atoms with van der Waals surface area (Å²) in [5.74, 6) is 1.22. The molecule has 7 heteroatoms. The van der Waals surface area contributed by atoms with Crippen LogP contribution in [0.5, 0.6) is 0 Å². The lowest BCUT2D eigenvalue weighted by Crippen LogP contribution is -2.32. The summed E-state index contributed by atoms with van der Waals surface area (Å²) < 4.78 is 26.4. The predicted octanol–water partition coefficient (Wildman–Crippen LogP) is 1.44. The molecule has 1 unspecified atom stereocenters. The molecule has 98 valence electrons. The second-order valence-electron chi connectivity index (χ2n) is 3.77. The Bertz CT molecular complexity index is 595. The van der Waals surface area contributed by atoms with Crippen LogP contribution < -0.4 is 4.72 Å². The minimum atomic E-state index is -3.72. The molecule has 0 fully saturated rings. The van der Waals surface area contributed by atoms with Crippen LogP contribution in [0.4, 0.5) is 0 Å². The van der Waals surface area contributed by atoms with E-state index in [0.29, 0.717) is 4.88 Å². The van der Waals surface area contributed by atoms with E-state index in [1.54, 1.807) is 13.8 Å². The summed E-state index contributed by atoms with van der Waals surface area (Å²) in [7, 11) is -3.72. The summed E-state index contributed by atoms with van der Waals surface area (Å²) >= 11 is 0.931. The van der Waals surface area contributed by atoms with Gasteiger partial charge in [0.15, 0.2) is 0 Å². The highest BCUT2D eigenvalue weighted by Gasteiger charge is 2.23. The maximum atomic E-state index is 12.0. The number of aromatic carboxylic acids is 1. The van der Waals surface area contributed by atoms with Crippen molar-refractivity contribution in [3.63, 3.8) is 0 Å². The van der Waals surface area contributed by atoms with Crippen LogP contribution >= 0.6 is 11.3 Å². The molecule has 18 heavy (non-hydrogen) atoms. The fraction of sp³-hybridized carbons (Fsp3) is 0.364. The summed E-state index contributed by atoms with van der Waals surface area (Å²) in [5, 5.41) is 8.82. The first-order valence-electron chi connectivity index (χ1n) is 5.07. The Kier molecular flexibility index (Phi) is 4.51. The van der Waals surface area contributed by atoms with Gasteiger partial charge in [-0.1, -0.05) is 0 Å². The van der Waals surface area contributed by atoms with E-state index in [1.807, 2.05) is 0 Å². The maximum absolute atomic E-state index is 12.0. The second-order valence-corrected chi connectivity index (χ2v) is 6.71. The zero-order valence-corrected chi connectivity index (χ0v) is 11.6. The highest BCUT2D eigenvalue weighted by molar-refractivity contribution is 7.89. The van der Waals surface area contributed by atoms with Gasteiger partial charge >= 0.3 is 5.97 Å². The Morgan fingerprint density at radius 1 is 1.67 bits per heavy atom. The molecule has 2 N–H and O–H groups in total. The van der Waals surface area contributed by atoms with Crippen molar-refractivity contribution in [3.05, 3.63) is 15.8 Å². The first kappa shape index (κ1) is 14.7. The van der Waals surface area contributed by atoms with Crippen molar-refractivity contribution in [2.45, 2.75) is 31.2 Å². The molecule has 1 aromatic heterocycles. The van der Waals surface area contributed by atoms with Crippen LogP contribution in [0.3, 0.4) is 0 Å². The van der Waals surface area contributed by atoms with Crippen molar-refractivity contribution in [2.24, 2.45) is 0 Å². The van der Waals surface area contributed by atoms with E-state index >= 15 is 0 Å². The highest BCUT2D eigenvalue weighted by Crippen LogP contribution is 2.25. The number of aryl methyl sites for hydroxylation is 1. The van der Waals surface area contributed by atoms with E-state index < -0.39 is 22.0 Å². The van der Waals surface area contributed by atoms with Crippen LogP contribution in [0.15, 0.2) is 11.0 Å². The molecule has 0 radical (unpaired) electrons. The van der Waals surface area contributed by atoms with E-state index in [2.05, 4.69) is 10.6 Å². The summed E-state index contributed by atoms with van der Waals surface area (Å²) in [4.78, 5) is 11.2. The number of carboxylic acid groups (broad SMARTS) is 1. The largest absolute Gasteiger partial charge is 0.477 e. The number of sulfonamides is 1. The number of thiophene rings is 1. The van der Waals surface area contributed by atoms with E-state index in [4.69, 9.17) is 11.5 Å². The Hall–Kier alpha value is -1.36. The molecule has 1 heterocycles. The number of hydrogen-bond acceptors (Lipinski definition) is 4. The molecule has 1 atom stereocenters. The SMILES string of the molecule is C#CCC(C)NS(=O)(=O)c1cc(C(=O)O)sc1C. The first-order chi connectivity index (χ1) is 8.27. The van der Waals surface area contributed by atoms with Gasteiger partial charge in [0.05, 0.1) is 4.90 Å². The lowest BCUT2D eigenvalue weighted by atomic mass is 10.3. The van der Waals surface area contributed by atoms with Gasteiger partial charge in [-0.15, -0.1) is 23.7 Å². The minimum absolute atomic E-state index is 0.00234. The first-order valence-corrected chi connectivity index (χ1v) is 7.37. The van der Waals surface area contributed by atoms with Gasteiger partial charge in [-0.05, 0) is 19.9 Å².